The molecule has 0 spiro atoms. The number of carbonyl (C=O) groups is 1. The highest BCUT2D eigenvalue weighted by atomic mass is 35.5. The van der Waals surface area contributed by atoms with Gasteiger partial charge in [-0.25, -0.2) is 0 Å². The highest BCUT2D eigenvalue weighted by Crippen LogP contribution is 2.72. The molecule has 0 radical (unpaired) electrons. The van der Waals surface area contributed by atoms with Crippen LogP contribution in [0.4, 0.5) is 0 Å². The summed E-state index contributed by atoms with van der Waals surface area (Å²) in [5, 5.41) is 8.94. The molecule has 2 aliphatic rings. The highest BCUT2D eigenvalue weighted by Gasteiger charge is 2.75. The lowest BCUT2D eigenvalue weighted by atomic mass is 9.10. The SMILES string of the molecule is BC1(B)C(O)C(=O)C2(N)c3ccccc3B(Cl)C2(B)C1(B)B. The number of Topliss-reactive ketones (excluding diaryl/α,β-unsaturated/α-hetero) is 1. The van der Waals surface area contributed by atoms with Crippen molar-refractivity contribution in [1.29, 1.82) is 0 Å². The van der Waals surface area contributed by atoms with Gasteiger partial charge < -0.3 is 10.8 Å². The maximum atomic E-state index is 13.1. The van der Waals surface area contributed by atoms with Gasteiger partial charge in [-0.1, -0.05) is 40.2 Å². The van der Waals surface area contributed by atoms with Crippen molar-refractivity contribution >= 4 is 68.1 Å². The first-order chi connectivity index (χ1) is 9.95. The van der Waals surface area contributed by atoms with E-state index in [9.17, 15) is 9.90 Å². The lowest BCUT2D eigenvalue weighted by Crippen LogP contribution is -2.71. The Morgan fingerprint density at radius 3 is 2.32 bits per heavy atom. The van der Waals surface area contributed by atoms with Gasteiger partial charge in [0.15, 0.2) is 5.78 Å². The summed E-state index contributed by atoms with van der Waals surface area (Å²) in [6.45, 7) is 0. The number of halogens is 1. The van der Waals surface area contributed by atoms with Crippen LogP contribution < -0.4 is 11.2 Å². The molecule has 1 aliphatic heterocycles. The Balaban J connectivity index is 2.40. The van der Waals surface area contributed by atoms with Crippen LogP contribution in [0, 0.1) is 0 Å². The molecule has 3 unspecified atom stereocenters. The highest BCUT2D eigenvalue weighted by molar-refractivity contribution is 7.20. The van der Waals surface area contributed by atoms with E-state index in [0.29, 0.717) is 0 Å². The second kappa shape index (κ2) is 4.31. The van der Waals surface area contributed by atoms with E-state index in [-0.39, 0.29) is 11.9 Å². The van der Waals surface area contributed by atoms with Gasteiger partial charge in [0.1, 0.15) is 29.6 Å². The van der Waals surface area contributed by atoms with E-state index in [1.807, 2.05) is 47.8 Å². The second-order valence-corrected chi connectivity index (χ2v) is 8.51. The number of hydrogen-bond acceptors (Lipinski definition) is 3. The molecule has 3 atom stereocenters. The lowest BCUT2D eigenvalue weighted by Gasteiger charge is -2.65. The maximum Gasteiger partial charge on any atom is 0.283 e. The van der Waals surface area contributed by atoms with E-state index in [0.717, 1.165) is 11.0 Å². The molecule has 1 aliphatic carbocycles. The summed E-state index contributed by atoms with van der Waals surface area (Å²) in [6, 6.07) is 7.59. The summed E-state index contributed by atoms with van der Waals surface area (Å²) >= 11 is 6.86. The molecule has 3 nitrogen and oxygen atoms in total. The van der Waals surface area contributed by atoms with E-state index in [1.165, 1.54) is 0 Å². The van der Waals surface area contributed by atoms with Crippen molar-refractivity contribution in [1.82, 2.24) is 0 Å². The van der Waals surface area contributed by atoms with Crippen molar-refractivity contribution in [3.05, 3.63) is 29.8 Å². The normalized spacial score (nSPS) is 38.4. The molecule has 1 fully saturated rings. The van der Waals surface area contributed by atoms with Gasteiger partial charge in [0, 0.05) is 0 Å². The molecule has 10 heteroatoms. The van der Waals surface area contributed by atoms with Crippen LogP contribution in [0.1, 0.15) is 5.56 Å². The minimum Gasteiger partial charge on any atom is -0.386 e. The quantitative estimate of drug-likeness (QED) is 0.474. The summed E-state index contributed by atoms with van der Waals surface area (Å²) in [5.74, 6) is -0.324. The van der Waals surface area contributed by atoms with E-state index >= 15 is 0 Å². The molecular formula is C12H18B6ClNO2. The Morgan fingerprint density at radius 1 is 1.18 bits per heavy atom. The third-order valence-corrected chi connectivity index (χ3v) is 7.89. The van der Waals surface area contributed by atoms with Crippen molar-refractivity contribution < 1.29 is 9.90 Å². The standard InChI is InChI=1S/C12H18B6ClNO2/c13-10(14)8(22)7(21)9(20)5-3-1-2-4-6(5)18(19)12(9,17)11(10,15)16/h1-4,8,22H,13-17,20H2. The van der Waals surface area contributed by atoms with E-state index in [1.54, 1.807) is 0 Å². The van der Waals surface area contributed by atoms with Crippen LogP contribution in [0.5, 0.6) is 0 Å². The van der Waals surface area contributed by atoms with Gasteiger partial charge in [-0.05, 0) is 10.8 Å². The molecule has 0 aromatic heterocycles. The smallest absolute Gasteiger partial charge is 0.283 e. The Labute approximate surface area is 141 Å². The maximum absolute atomic E-state index is 13.1. The Bertz CT molecular complexity index is 685. The lowest BCUT2D eigenvalue weighted by molar-refractivity contribution is -0.138. The van der Waals surface area contributed by atoms with Crippen LogP contribution in [-0.4, -0.2) is 62.4 Å². The van der Waals surface area contributed by atoms with Crippen molar-refractivity contribution in [3.8, 4) is 0 Å². The number of aliphatic hydroxyl groups is 1. The molecule has 0 bridgehead atoms. The Morgan fingerprint density at radius 2 is 1.73 bits per heavy atom. The summed E-state index contributed by atoms with van der Waals surface area (Å²) in [6.07, 6.45) is -1.49. The van der Waals surface area contributed by atoms with Crippen LogP contribution >= 0.6 is 11.5 Å². The third-order valence-electron chi connectivity index (χ3n) is 7.21. The zero-order valence-electron chi connectivity index (χ0n) is 13.8. The molecule has 1 saturated carbocycles. The molecule has 108 valence electrons. The topological polar surface area (TPSA) is 63.3 Å². The van der Waals surface area contributed by atoms with Crippen LogP contribution in [0.2, 0.25) is 15.6 Å². The Kier molecular flexibility index (Phi) is 3.20. The van der Waals surface area contributed by atoms with Crippen LogP contribution in [0.25, 0.3) is 0 Å². The minimum atomic E-state index is -1.27. The van der Waals surface area contributed by atoms with Gasteiger partial charge in [-0.2, -0.15) is 11.5 Å². The van der Waals surface area contributed by atoms with Crippen molar-refractivity contribution in [2.45, 2.75) is 27.3 Å². The first kappa shape index (κ1) is 16.4. The van der Waals surface area contributed by atoms with Gasteiger partial charge in [-0.15, -0.1) is 0 Å². The fourth-order valence-corrected chi connectivity index (χ4v) is 5.26. The number of hydrogen-bond donors (Lipinski definition) is 2. The number of ketones is 1. The molecule has 1 aromatic carbocycles. The van der Waals surface area contributed by atoms with Crippen LogP contribution in [0.15, 0.2) is 24.3 Å². The minimum absolute atomic E-state index is 0.324. The predicted octanol–water partition coefficient (Wildman–Crippen LogP) is -4.67. The number of fused-ring (bicyclic) bond motifs is 3. The van der Waals surface area contributed by atoms with Gasteiger partial charge in [0.2, 0.25) is 0 Å². The van der Waals surface area contributed by atoms with Gasteiger partial charge in [0.05, 0.1) is 21.2 Å². The largest absolute Gasteiger partial charge is 0.386 e. The zero-order valence-corrected chi connectivity index (χ0v) is 14.5. The molecule has 0 saturated heterocycles. The van der Waals surface area contributed by atoms with E-state index < -0.39 is 27.3 Å². The average Bonchev–Trinajstić information content (AvgIpc) is 2.66. The molecule has 3 N–H and O–H groups in total. The van der Waals surface area contributed by atoms with Crippen molar-refractivity contribution in [2.24, 2.45) is 5.73 Å². The molecule has 22 heavy (non-hydrogen) atoms. The molecule has 0 amide bonds. The zero-order chi connectivity index (χ0) is 16.7. The fourth-order valence-electron chi connectivity index (χ4n) is 4.62. The number of carbonyl (C=O) groups excluding carboxylic acids is 1. The number of benzene rings is 1. The predicted molar refractivity (Wildman–Crippen MR) is 105 cm³/mol. The average molecular weight is 309 g/mol. The summed E-state index contributed by atoms with van der Waals surface area (Å²) in [4.78, 5) is 13.1. The summed E-state index contributed by atoms with van der Waals surface area (Å²) < 4.78 is 0. The second-order valence-electron chi connectivity index (χ2n) is 8.07. The van der Waals surface area contributed by atoms with Crippen molar-refractivity contribution in [3.63, 3.8) is 0 Å². The number of aliphatic hydroxyl groups excluding tert-OH is 1. The first-order valence-electron chi connectivity index (χ1n) is 7.70. The summed E-state index contributed by atoms with van der Waals surface area (Å²) in [5.41, 5.74) is 7.13. The van der Waals surface area contributed by atoms with Crippen molar-refractivity contribution in [2.75, 3.05) is 0 Å². The summed E-state index contributed by atoms with van der Waals surface area (Å²) in [7, 11) is 9.97. The molecule has 1 heterocycles. The van der Waals surface area contributed by atoms with Gasteiger partial charge in [-0.3, -0.25) is 4.79 Å². The Hall–Kier alpha value is -0.510. The fraction of sp³-hybridized carbons (Fsp3) is 0.417. The van der Waals surface area contributed by atoms with Crippen LogP contribution in [0.3, 0.4) is 0 Å². The van der Waals surface area contributed by atoms with Gasteiger partial charge in [0.25, 0.3) is 6.13 Å². The third kappa shape index (κ3) is 1.38. The monoisotopic (exact) mass is 309 g/mol. The molecule has 3 rings (SSSR count). The molecular weight excluding hydrogens is 290 g/mol. The van der Waals surface area contributed by atoms with Gasteiger partial charge >= 0.3 is 0 Å². The number of nitrogens with two attached hydrogens (primary N) is 1. The van der Waals surface area contributed by atoms with Crippen LogP contribution in [-0.2, 0) is 10.3 Å². The first-order valence-corrected chi connectivity index (χ1v) is 8.14. The van der Waals surface area contributed by atoms with E-state index in [4.69, 9.17) is 17.2 Å². The molecule has 1 aromatic rings. The number of rotatable bonds is 0. The van der Waals surface area contributed by atoms with E-state index in [2.05, 4.69) is 15.7 Å².